The molecule has 0 aliphatic carbocycles. The van der Waals surface area contributed by atoms with Crippen molar-refractivity contribution in [1.82, 2.24) is 10.2 Å². The Morgan fingerprint density at radius 2 is 1.81 bits per heavy atom. The smallest absolute Gasteiger partial charge is 0.308 e. The summed E-state index contributed by atoms with van der Waals surface area (Å²) in [6.45, 7) is 3.79. The van der Waals surface area contributed by atoms with E-state index >= 15 is 0 Å². The monoisotopic (exact) mass is 298 g/mol. The Balaban J connectivity index is 1.62. The summed E-state index contributed by atoms with van der Waals surface area (Å²) >= 11 is 0. The number of likely N-dealkylation sites (tertiary alicyclic amines) is 1. The topological polar surface area (TPSA) is 67.9 Å². The lowest BCUT2D eigenvalue weighted by Gasteiger charge is -2.31. The van der Waals surface area contributed by atoms with Gasteiger partial charge in [-0.1, -0.05) is 0 Å². The van der Waals surface area contributed by atoms with E-state index in [1.165, 1.54) is 7.11 Å². The van der Waals surface area contributed by atoms with E-state index in [0.717, 1.165) is 25.9 Å². The number of carbonyl (C=O) groups is 2. The summed E-state index contributed by atoms with van der Waals surface area (Å²) in [5.41, 5.74) is 0. The number of amides is 1. The first kappa shape index (κ1) is 16.2. The van der Waals surface area contributed by atoms with Crippen LogP contribution in [0.4, 0.5) is 0 Å². The molecule has 2 fully saturated rings. The Morgan fingerprint density at radius 1 is 1.14 bits per heavy atom. The minimum absolute atomic E-state index is 0.0509. The number of carbonyl (C=O) groups excluding carboxylic acids is 2. The van der Waals surface area contributed by atoms with Crippen LogP contribution in [0.2, 0.25) is 0 Å². The number of hydrogen-bond donors (Lipinski definition) is 1. The van der Waals surface area contributed by atoms with Crippen LogP contribution in [0.1, 0.15) is 32.1 Å². The number of esters is 1. The molecular formula is C15H26N2O4. The van der Waals surface area contributed by atoms with Crippen molar-refractivity contribution >= 4 is 11.9 Å². The molecule has 0 atom stereocenters. The van der Waals surface area contributed by atoms with Gasteiger partial charge in [-0.25, -0.2) is 0 Å². The fourth-order valence-corrected chi connectivity index (χ4v) is 2.96. The molecule has 1 amide bonds. The van der Waals surface area contributed by atoms with Crippen LogP contribution in [0, 0.1) is 5.92 Å². The van der Waals surface area contributed by atoms with Gasteiger partial charge in [0.25, 0.3) is 0 Å². The quantitative estimate of drug-likeness (QED) is 0.751. The highest BCUT2D eigenvalue weighted by atomic mass is 16.5. The number of nitrogens with zero attached hydrogens (tertiary/aromatic N) is 1. The molecule has 0 saturated carbocycles. The predicted molar refractivity (Wildman–Crippen MR) is 77.8 cm³/mol. The molecule has 0 aromatic rings. The third-order valence-electron chi connectivity index (χ3n) is 4.34. The van der Waals surface area contributed by atoms with Crippen LogP contribution in [0.15, 0.2) is 0 Å². The molecule has 0 radical (unpaired) electrons. The summed E-state index contributed by atoms with van der Waals surface area (Å²) in [5, 5.41) is 3.29. The molecule has 0 bridgehead atoms. The van der Waals surface area contributed by atoms with Crippen LogP contribution in [0.3, 0.4) is 0 Å². The Kier molecular flexibility index (Phi) is 6.45. The Labute approximate surface area is 126 Å². The van der Waals surface area contributed by atoms with Crippen LogP contribution < -0.4 is 5.32 Å². The van der Waals surface area contributed by atoms with E-state index in [9.17, 15) is 9.59 Å². The average Bonchev–Trinajstić information content (AvgIpc) is 2.55. The van der Waals surface area contributed by atoms with Gasteiger partial charge in [-0.3, -0.25) is 9.59 Å². The molecule has 6 heteroatoms. The van der Waals surface area contributed by atoms with E-state index in [4.69, 9.17) is 9.47 Å². The first-order valence-electron chi connectivity index (χ1n) is 7.88. The van der Waals surface area contributed by atoms with E-state index in [2.05, 4.69) is 5.32 Å². The molecule has 6 nitrogen and oxygen atoms in total. The van der Waals surface area contributed by atoms with Gasteiger partial charge in [0.2, 0.25) is 5.91 Å². The van der Waals surface area contributed by atoms with E-state index < -0.39 is 0 Å². The highest BCUT2D eigenvalue weighted by Crippen LogP contribution is 2.19. The molecule has 21 heavy (non-hydrogen) atoms. The van der Waals surface area contributed by atoms with Crippen LogP contribution in [-0.4, -0.2) is 62.8 Å². The van der Waals surface area contributed by atoms with Gasteiger partial charge < -0.3 is 19.7 Å². The summed E-state index contributed by atoms with van der Waals surface area (Å²) in [5.74, 6) is -0.0753. The van der Waals surface area contributed by atoms with Crippen LogP contribution in [0.5, 0.6) is 0 Å². The van der Waals surface area contributed by atoms with Crippen molar-refractivity contribution in [3.63, 3.8) is 0 Å². The van der Waals surface area contributed by atoms with Crippen molar-refractivity contribution in [3.05, 3.63) is 0 Å². The Hall–Kier alpha value is -1.14. The molecule has 2 saturated heterocycles. The van der Waals surface area contributed by atoms with E-state index in [1.807, 2.05) is 4.90 Å². The zero-order chi connectivity index (χ0) is 15.1. The lowest BCUT2D eigenvalue weighted by molar-refractivity contribution is -0.149. The fourth-order valence-electron chi connectivity index (χ4n) is 2.96. The lowest BCUT2D eigenvalue weighted by Crippen LogP contribution is -2.41. The zero-order valence-electron chi connectivity index (χ0n) is 12.8. The normalized spacial score (nSPS) is 21.3. The van der Waals surface area contributed by atoms with Gasteiger partial charge >= 0.3 is 5.97 Å². The highest BCUT2D eigenvalue weighted by Gasteiger charge is 2.27. The first-order valence-corrected chi connectivity index (χ1v) is 7.88. The van der Waals surface area contributed by atoms with Gasteiger partial charge in [-0.05, 0) is 38.8 Å². The van der Waals surface area contributed by atoms with Crippen molar-refractivity contribution in [1.29, 1.82) is 0 Å². The zero-order valence-corrected chi connectivity index (χ0v) is 12.8. The van der Waals surface area contributed by atoms with Gasteiger partial charge in [-0.2, -0.15) is 0 Å². The molecule has 2 aliphatic rings. The number of methoxy groups -OCH3 is 1. The molecule has 0 unspecified atom stereocenters. The molecule has 0 spiro atoms. The number of ether oxygens (including phenoxy) is 2. The third-order valence-corrected chi connectivity index (χ3v) is 4.34. The number of hydrogen-bond acceptors (Lipinski definition) is 5. The molecule has 2 rings (SSSR count). The van der Waals surface area contributed by atoms with E-state index in [-0.39, 0.29) is 17.8 Å². The second kappa shape index (κ2) is 8.34. The van der Waals surface area contributed by atoms with Gasteiger partial charge in [0.1, 0.15) is 0 Å². The number of nitrogens with one attached hydrogen (secondary N) is 1. The van der Waals surface area contributed by atoms with Gasteiger partial charge in [0.05, 0.1) is 32.2 Å². The van der Waals surface area contributed by atoms with Crippen molar-refractivity contribution in [3.8, 4) is 0 Å². The summed E-state index contributed by atoms with van der Waals surface area (Å²) in [4.78, 5) is 25.4. The maximum atomic E-state index is 12.1. The maximum Gasteiger partial charge on any atom is 0.308 e. The third kappa shape index (κ3) is 4.97. The average molecular weight is 298 g/mol. The van der Waals surface area contributed by atoms with Crippen LogP contribution in [-0.2, 0) is 19.1 Å². The Bertz CT molecular complexity index is 348. The molecule has 0 aromatic heterocycles. The predicted octanol–water partition coefficient (Wildman–Crippen LogP) is 0.557. The molecule has 2 heterocycles. The molecule has 1 N–H and O–H groups in total. The minimum Gasteiger partial charge on any atom is -0.469 e. The number of rotatable bonds is 5. The van der Waals surface area contributed by atoms with Crippen molar-refractivity contribution in [2.24, 2.45) is 5.92 Å². The van der Waals surface area contributed by atoms with Gasteiger partial charge in [-0.15, -0.1) is 0 Å². The second-order valence-corrected chi connectivity index (χ2v) is 5.75. The first-order chi connectivity index (χ1) is 10.2. The lowest BCUT2D eigenvalue weighted by atomic mass is 9.97. The highest BCUT2D eigenvalue weighted by molar-refractivity contribution is 5.77. The summed E-state index contributed by atoms with van der Waals surface area (Å²) < 4.78 is 10.5. The minimum atomic E-state index is -0.156. The van der Waals surface area contributed by atoms with Gasteiger partial charge in [0, 0.05) is 13.1 Å². The Morgan fingerprint density at radius 3 is 2.43 bits per heavy atom. The van der Waals surface area contributed by atoms with E-state index in [0.29, 0.717) is 45.1 Å². The standard InChI is InChI=1S/C15H26N2O4/c1-20-15(19)12-4-9-17(10-5-12)14(18)6-11-21-13-2-7-16-8-3-13/h12-13,16H,2-11H2,1H3. The second-order valence-electron chi connectivity index (χ2n) is 5.75. The summed E-state index contributed by atoms with van der Waals surface area (Å²) in [7, 11) is 1.41. The SMILES string of the molecule is COC(=O)C1CCN(C(=O)CCOC2CCNCC2)CC1. The van der Waals surface area contributed by atoms with Crippen molar-refractivity contribution in [2.75, 3.05) is 39.9 Å². The summed E-state index contributed by atoms with van der Waals surface area (Å²) in [6.07, 6.45) is 4.19. The van der Waals surface area contributed by atoms with Crippen LogP contribution >= 0.6 is 0 Å². The molecular weight excluding hydrogens is 272 g/mol. The summed E-state index contributed by atoms with van der Waals surface area (Å²) in [6, 6.07) is 0. The van der Waals surface area contributed by atoms with Crippen molar-refractivity contribution < 1.29 is 19.1 Å². The van der Waals surface area contributed by atoms with Crippen LogP contribution in [0.25, 0.3) is 0 Å². The van der Waals surface area contributed by atoms with E-state index in [1.54, 1.807) is 0 Å². The van der Waals surface area contributed by atoms with Gasteiger partial charge in [0.15, 0.2) is 0 Å². The molecule has 120 valence electrons. The molecule has 0 aromatic carbocycles. The van der Waals surface area contributed by atoms with Crippen molar-refractivity contribution in [2.45, 2.75) is 38.2 Å². The number of piperidine rings is 2. The fraction of sp³-hybridized carbons (Fsp3) is 0.867. The molecule has 2 aliphatic heterocycles. The maximum absolute atomic E-state index is 12.1. The largest absolute Gasteiger partial charge is 0.469 e.